The van der Waals surface area contributed by atoms with E-state index in [2.05, 4.69) is 15.3 Å². The number of methoxy groups -OCH3 is 2. The van der Waals surface area contributed by atoms with Crippen molar-refractivity contribution in [3.8, 4) is 17.3 Å². The molecule has 1 amide bonds. The summed E-state index contributed by atoms with van der Waals surface area (Å²) in [6.45, 7) is 0.366. The van der Waals surface area contributed by atoms with Crippen LogP contribution in [0.25, 0.3) is 5.82 Å². The average molecular weight is 338 g/mol. The molecule has 2 heterocycles. The topological polar surface area (TPSA) is 78.3 Å². The molecule has 0 unspecified atom stereocenters. The Bertz CT molecular complexity index is 845. The summed E-state index contributed by atoms with van der Waals surface area (Å²) in [5, 5.41) is 2.86. The van der Waals surface area contributed by atoms with Crippen molar-refractivity contribution in [3.05, 3.63) is 66.4 Å². The highest BCUT2D eigenvalue weighted by Gasteiger charge is 2.13. The molecule has 128 valence electrons. The summed E-state index contributed by atoms with van der Waals surface area (Å²) >= 11 is 0. The molecule has 0 radical (unpaired) electrons. The van der Waals surface area contributed by atoms with Crippen molar-refractivity contribution in [1.82, 2.24) is 19.9 Å². The average Bonchev–Trinajstić information content (AvgIpc) is 3.20. The molecule has 0 atom stereocenters. The van der Waals surface area contributed by atoms with Crippen LogP contribution >= 0.6 is 0 Å². The Morgan fingerprint density at radius 1 is 1.20 bits per heavy atom. The number of pyridine rings is 1. The fraction of sp³-hybridized carbons (Fsp3) is 0.167. The van der Waals surface area contributed by atoms with E-state index in [1.54, 1.807) is 44.0 Å². The van der Waals surface area contributed by atoms with Gasteiger partial charge < -0.3 is 14.8 Å². The maximum absolute atomic E-state index is 12.4. The second-order valence-electron chi connectivity index (χ2n) is 5.24. The molecule has 3 aromatic rings. The summed E-state index contributed by atoms with van der Waals surface area (Å²) in [6.07, 6.45) is 6.92. The lowest BCUT2D eigenvalue weighted by Crippen LogP contribution is -2.23. The van der Waals surface area contributed by atoms with Crippen molar-refractivity contribution in [3.63, 3.8) is 0 Å². The van der Waals surface area contributed by atoms with Gasteiger partial charge in [-0.1, -0.05) is 6.07 Å². The van der Waals surface area contributed by atoms with Crippen molar-refractivity contribution >= 4 is 5.91 Å². The van der Waals surface area contributed by atoms with Crippen LogP contribution in [-0.2, 0) is 6.54 Å². The molecule has 0 aliphatic carbocycles. The monoisotopic (exact) mass is 338 g/mol. The number of amides is 1. The molecule has 0 saturated heterocycles. The molecule has 7 nitrogen and oxygen atoms in total. The van der Waals surface area contributed by atoms with Crippen LogP contribution in [0, 0.1) is 0 Å². The third-order valence-corrected chi connectivity index (χ3v) is 3.68. The van der Waals surface area contributed by atoms with Crippen molar-refractivity contribution in [1.29, 1.82) is 0 Å². The Hall–Kier alpha value is -3.35. The Labute approximate surface area is 145 Å². The summed E-state index contributed by atoms with van der Waals surface area (Å²) in [7, 11) is 3.08. The van der Waals surface area contributed by atoms with Gasteiger partial charge in [-0.15, -0.1) is 0 Å². The SMILES string of the molecule is COc1ccc(C(=O)NCc2ccc(-n3ccnc3)nc2)c(OC)c1. The second-order valence-corrected chi connectivity index (χ2v) is 5.24. The second kappa shape index (κ2) is 7.48. The molecule has 2 aromatic heterocycles. The van der Waals surface area contributed by atoms with Crippen LogP contribution in [0.5, 0.6) is 11.5 Å². The molecule has 0 saturated carbocycles. The number of benzene rings is 1. The molecule has 1 N–H and O–H groups in total. The van der Waals surface area contributed by atoms with Gasteiger partial charge >= 0.3 is 0 Å². The lowest BCUT2D eigenvalue weighted by atomic mass is 10.1. The molecule has 0 aliphatic heterocycles. The van der Waals surface area contributed by atoms with E-state index in [-0.39, 0.29) is 5.91 Å². The van der Waals surface area contributed by atoms with Gasteiger partial charge in [0.25, 0.3) is 5.91 Å². The fourth-order valence-electron chi connectivity index (χ4n) is 2.33. The summed E-state index contributed by atoms with van der Waals surface area (Å²) < 4.78 is 12.2. The highest BCUT2D eigenvalue weighted by molar-refractivity contribution is 5.97. The van der Waals surface area contributed by atoms with E-state index < -0.39 is 0 Å². The van der Waals surface area contributed by atoms with Gasteiger partial charge in [-0.05, 0) is 23.8 Å². The number of imidazole rings is 1. The lowest BCUT2D eigenvalue weighted by molar-refractivity contribution is 0.0948. The van der Waals surface area contributed by atoms with Gasteiger partial charge in [-0.2, -0.15) is 0 Å². The van der Waals surface area contributed by atoms with Gasteiger partial charge in [0.15, 0.2) is 0 Å². The largest absolute Gasteiger partial charge is 0.497 e. The van der Waals surface area contributed by atoms with Crippen LogP contribution in [-0.4, -0.2) is 34.7 Å². The Balaban J connectivity index is 1.66. The number of rotatable bonds is 6. The zero-order chi connectivity index (χ0) is 17.6. The van der Waals surface area contributed by atoms with Crippen LogP contribution in [0.15, 0.2) is 55.2 Å². The number of carbonyl (C=O) groups excluding carboxylic acids is 1. The van der Waals surface area contributed by atoms with E-state index in [1.165, 1.54) is 7.11 Å². The predicted octanol–water partition coefficient (Wildman–Crippen LogP) is 2.21. The van der Waals surface area contributed by atoms with E-state index in [1.807, 2.05) is 22.9 Å². The third-order valence-electron chi connectivity index (χ3n) is 3.68. The number of carbonyl (C=O) groups is 1. The van der Waals surface area contributed by atoms with E-state index in [9.17, 15) is 4.79 Å². The molecule has 25 heavy (non-hydrogen) atoms. The first kappa shape index (κ1) is 16.5. The first-order valence-electron chi connectivity index (χ1n) is 7.64. The molecular formula is C18H18N4O3. The summed E-state index contributed by atoms with van der Waals surface area (Å²) in [4.78, 5) is 20.7. The van der Waals surface area contributed by atoms with E-state index in [0.717, 1.165) is 11.4 Å². The molecule has 1 aromatic carbocycles. The molecule has 0 aliphatic rings. The molecular weight excluding hydrogens is 320 g/mol. The first-order valence-corrected chi connectivity index (χ1v) is 7.64. The Morgan fingerprint density at radius 2 is 2.08 bits per heavy atom. The van der Waals surface area contributed by atoms with Gasteiger partial charge in [-0.25, -0.2) is 9.97 Å². The Kier molecular flexibility index (Phi) is 4.94. The molecule has 0 fully saturated rings. The van der Waals surface area contributed by atoms with E-state index in [4.69, 9.17) is 9.47 Å². The normalized spacial score (nSPS) is 10.3. The fourth-order valence-corrected chi connectivity index (χ4v) is 2.33. The van der Waals surface area contributed by atoms with Crippen molar-refractivity contribution < 1.29 is 14.3 Å². The maximum atomic E-state index is 12.4. The zero-order valence-electron chi connectivity index (χ0n) is 14.0. The van der Waals surface area contributed by atoms with Crippen LogP contribution in [0.3, 0.4) is 0 Å². The van der Waals surface area contributed by atoms with Crippen LogP contribution in [0.4, 0.5) is 0 Å². The minimum absolute atomic E-state index is 0.224. The first-order chi connectivity index (χ1) is 12.2. The zero-order valence-corrected chi connectivity index (χ0v) is 14.0. The van der Waals surface area contributed by atoms with Gasteiger partial charge in [0.2, 0.25) is 0 Å². The summed E-state index contributed by atoms with van der Waals surface area (Å²) in [5.41, 5.74) is 1.34. The van der Waals surface area contributed by atoms with Crippen LogP contribution in [0.1, 0.15) is 15.9 Å². The van der Waals surface area contributed by atoms with Crippen molar-refractivity contribution in [2.24, 2.45) is 0 Å². The molecule has 0 bridgehead atoms. The number of aromatic nitrogens is 3. The van der Waals surface area contributed by atoms with Crippen molar-refractivity contribution in [2.45, 2.75) is 6.54 Å². The molecule has 3 rings (SSSR count). The third kappa shape index (κ3) is 3.77. The smallest absolute Gasteiger partial charge is 0.255 e. The summed E-state index contributed by atoms with van der Waals surface area (Å²) in [6, 6.07) is 8.85. The highest BCUT2D eigenvalue weighted by Crippen LogP contribution is 2.24. The predicted molar refractivity (Wildman–Crippen MR) is 92.1 cm³/mol. The number of ether oxygens (including phenoxy) is 2. The van der Waals surface area contributed by atoms with Crippen molar-refractivity contribution in [2.75, 3.05) is 14.2 Å². The molecule has 7 heteroatoms. The van der Waals surface area contributed by atoms with Crippen LogP contribution < -0.4 is 14.8 Å². The number of nitrogens with zero attached hydrogens (tertiary/aromatic N) is 3. The minimum Gasteiger partial charge on any atom is -0.497 e. The van der Waals surface area contributed by atoms with Gasteiger partial charge in [0.1, 0.15) is 23.6 Å². The van der Waals surface area contributed by atoms with Gasteiger partial charge in [-0.3, -0.25) is 9.36 Å². The van der Waals surface area contributed by atoms with Gasteiger partial charge in [0, 0.05) is 31.2 Å². The minimum atomic E-state index is -0.224. The number of nitrogens with one attached hydrogen (secondary N) is 1. The standard InChI is InChI=1S/C18H18N4O3/c1-24-14-4-5-15(16(9-14)25-2)18(23)21-11-13-3-6-17(20-10-13)22-8-7-19-12-22/h3-10,12H,11H2,1-2H3,(H,21,23). The van der Waals surface area contributed by atoms with E-state index in [0.29, 0.717) is 23.6 Å². The van der Waals surface area contributed by atoms with Gasteiger partial charge in [0.05, 0.1) is 19.8 Å². The van der Waals surface area contributed by atoms with Crippen LogP contribution in [0.2, 0.25) is 0 Å². The number of hydrogen-bond donors (Lipinski definition) is 1. The van der Waals surface area contributed by atoms with E-state index >= 15 is 0 Å². The quantitative estimate of drug-likeness (QED) is 0.745. The lowest BCUT2D eigenvalue weighted by Gasteiger charge is -2.11. The summed E-state index contributed by atoms with van der Waals surface area (Å²) in [5.74, 6) is 1.64. The number of hydrogen-bond acceptors (Lipinski definition) is 5. The maximum Gasteiger partial charge on any atom is 0.255 e. The highest BCUT2D eigenvalue weighted by atomic mass is 16.5. The molecule has 0 spiro atoms. The Morgan fingerprint density at radius 3 is 2.72 bits per heavy atom.